The summed E-state index contributed by atoms with van der Waals surface area (Å²) >= 11 is 6.45. The summed E-state index contributed by atoms with van der Waals surface area (Å²) in [6, 6.07) is 5.05. The lowest BCUT2D eigenvalue weighted by molar-refractivity contribution is -0.159. The summed E-state index contributed by atoms with van der Waals surface area (Å²) in [5.74, 6) is -3.80. The van der Waals surface area contributed by atoms with Crippen molar-refractivity contribution in [3.63, 3.8) is 0 Å². The van der Waals surface area contributed by atoms with Gasteiger partial charge in [0.25, 0.3) is 5.91 Å². The highest BCUT2D eigenvalue weighted by Crippen LogP contribution is 2.54. The van der Waals surface area contributed by atoms with E-state index < -0.39 is 59.5 Å². The van der Waals surface area contributed by atoms with Crippen molar-refractivity contribution >= 4 is 41.0 Å². The molecule has 0 aromatic heterocycles. The summed E-state index contributed by atoms with van der Waals surface area (Å²) in [4.78, 5) is 56.9. The highest BCUT2D eigenvalue weighted by molar-refractivity contribution is 6.34. The number of anilines is 1. The van der Waals surface area contributed by atoms with Gasteiger partial charge in [-0.25, -0.2) is 0 Å². The predicted molar refractivity (Wildman–Crippen MR) is 142 cm³/mol. The molecule has 4 aliphatic heterocycles. The predicted octanol–water partition coefficient (Wildman–Crippen LogP) is 1.60. The lowest BCUT2D eigenvalue weighted by Gasteiger charge is -2.37. The number of nitrogens with zero attached hydrogens (tertiary/aromatic N) is 2. The number of allylic oxidation sites excluding steroid dienone is 1. The Bertz CT molecular complexity index is 1240. The Hall–Kier alpha value is -3.21. The van der Waals surface area contributed by atoms with Crippen LogP contribution < -0.4 is 10.2 Å². The Morgan fingerprint density at radius 1 is 1.18 bits per heavy atom. The third-order valence-corrected chi connectivity index (χ3v) is 8.17. The second-order valence-electron chi connectivity index (χ2n) is 10.4. The maximum absolute atomic E-state index is 14.3. The number of aliphatic hydroxyl groups is 1. The fraction of sp³-hybridized carbons (Fsp3) is 0.500. The molecule has 0 bridgehead atoms. The van der Waals surface area contributed by atoms with Gasteiger partial charge in [0, 0.05) is 13.0 Å². The van der Waals surface area contributed by atoms with Gasteiger partial charge >= 0.3 is 5.97 Å². The van der Waals surface area contributed by atoms with Gasteiger partial charge in [-0.15, -0.1) is 0 Å². The maximum atomic E-state index is 14.3. The van der Waals surface area contributed by atoms with Gasteiger partial charge in [0.1, 0.15) is 23.7 Å². The molecule has 11 heteroatoms. The second kappa shape index (κ2) is 10.7. The number of para-hydroxylation sites is 1. The Morgan fingerprint density at radius 3 is 2.69 bits per heavy atom. The summed E-state index contributed by atoms with van der Waals surface area (Å²) < 4.78 is 12.3. The molecule has 0 radical (unpaired) electrons. The fourth-order valence-corrected chi connectivity index (χ4v) is 6.29. The molecule has 208 valence electrons. The molecule has 0 aliphatic carbocycles. The number of rotatable bonds is 3. The second-order valence-corrected chi connectivity index (χ2v) is 10.8. The normalized spacial score (nSPS) is 34.6. The van der Waals surface area contributed by atoms with E-state index in [0.717, 1.165) is 0 Å². The average Bonchev–Trinajstić information content (AvgIpc) is 3.30. The van der Waals surface area contributed by atoms with Crippen LogP contribution in [0.25, 0.3) is 0 Å². The van der Waals surface area contributed by atoms with Gasteiger partial charge in [-0.2, -0.15) is 0 Å². The molecule has 1 aromatic carbocycles. The smallest absolute Gasteiger partial charge is 0.313 e. The van der Waals surface area contributed by atoms with E-state index in [2.05, 4.69) is 5.32 Å². The van der Waals surface area contributed by atoms with Crippen LogP contribution in [-0.2, 0) is 28.7 Å². The van der Waals surface area contributed by atoms with Crippen molar-refractivity contribution in [3.05, 3.63) is 53.6 Å². The number of ether oxygens (including phenoxy) is 2. The number of carbonyl (C=O) groups excluding carboxylic acids is 4. The zero-order chi connectivity index (χ0) is 27.9. The standard InChI is InChI=1S/C28H32ClN3O7/c1-16(15-33)32-24-26(36)31(19-9-4-3-8-18(19)29)13-7-12-28(24)23(25(32)35)22-20(39-28)10-5-6-11-21(34)30-14-17(2)38-27(22)37/h3-5,7-10,12,16-17,20,22-24,33H,6,11,13-15H2,1-2H3,(H,30,34)/b10-5-/t16-,17+,20+,22-,23-,24+,28-/m1/s1. The number of halogens is 1. The molecule has 2 saturated heterocycles. The van der Waals surface area contributed by atoms with E-state index in [-0.39, 0.29) is 32.0 Å². The van der Waals surface area contributed by atoms with Gasteiger partial charge < -0.3 is 29.7 Å². The van der Waals surface area contributed by atoms with Gasteiger partial charge in [0.05, 0.1) is 41.9 Å². The van der Waals surface area contributed by atoms with Crippen LogP contribution in [0.4, 0.5) is 5.69 Å². The molecule has 0 unspecified atom stereocenters. The van der Waals surface area contributed by atoms with Crippen LogP contribution >= 0.6 is 11.6 Å². The minimum atomic E-state index is -1.48. The lowest BCUT2D eigenvalue weighted by atomic mass is 9.78. The molecule has 2 fully saturated rings. The minimum absolute atomic E-state index is 0.137. The number of cyclic esters (lactones) is 1. The number of esters is 1. The molecule has 4 aliphatic rings. The van der Waals surface area contributed by atoms with Crippen LogP contribution in [-0.4, -0.2) is 83.3 Å². The number of benzene rings is 1. The van der Waals surface area contributed by atoms with E-state index in [9.17, 15) is 24.3 Å². The van der Waals surface area contributed by atoms with E-state index in [4.69, 9.17) is 21.1 Å². The van der Waals surface area contributed by atoms with Crippen molar-refractivity contribution in [2.45, 2.75) is 56.6 Å². The average molecular weight is 558 g/mol. The van der Waals surface area contributed by atoms with Crippen LogP contribution in [0, 0.1) is 11.8 Å². The first-order chi connectivity index (χ1) is 18.7. The molecule has 10 nitrogen and oxygen atoms in total. The van der Waals surface area contributed by atoms with Gasteiger partial charge in [0.15, 0.2) is 0 Å². The van der Waals surface area contributed by atoms with E-state index in [0.29, 0.717) is 17.1 Å². The molecule has 7 atom stereocenters. The van der Waals surface area contributed by atoms with Crippen molar-refractivity contribution in [2.75, 3.05) is 24.6 Å². The van der Waals surface area contributed by atoms with E-state index >= 15 is 0 Å². The third-order valence-electron chi connectivity index (χ3n) is 7.85. The number of fused-ring (bicyclic) bond motifs is 2. The Kier molecular flexibility index (Phi) is 7.54. The molecular weight excluding hydrogens is 526 g/mol. The summed E-state index contributed by atoms with van der Waals surface area (Å²) in [7, 11) is 0. The molecular formula is C28H32ClN3O7. The molecule has 5 rings (SSSR count). The van der Waals surface area contributed by atoms with Crippen molar-refractivity contribution in [3.8, 4) is 0 Å². The van der Waals surface area contributed by atoms with Crippen molar-refractivity contribution in [1.82, 2.24) is 10.2 Å². The van der Waals surface area contributed by atoms with Crippen LogP contribution in [0.1, 0.15) is 26.7 Å². The largest absolute Gasteiger partial charge is 0.460 e. The Labute approximate surface area is 231 Å². The van der Waals surface area contributed by atoms with Gasteiger partial charge in [-0.05, 0) is 32.4 Å². The van der Waals surface area contributed by atoms with Gasteiger partial charge in [0.2, 0.25) is 11.8 Å². The highest BCUT2D eigenvalue weighted by Gasteiger charge is 2.72. The number of hydrogen-bond donors (Lipinski definition) is 2. The van der Waals surface area contributed by atoms with Crippen LogP contribution in [0.2, 0.25) is 5.02 Å². The Balaban J connectivity index is 1.61. The molecule has 1 spiro atoms. The summed E-state index contributed by atoms with van der Waals surface area (Å²) in [5.41, 5.74) is -1.00. The van der Waals surface area contributed by atoms with E-state index in [1.165, 1.54) is 9.80 Å². The molecule has 2 N–H and O–H groups in total. The number of carbonyl (C=O) groups is 4. The SMILES string of the molecule is C[C@H](CO)N1C(=O)[C@H]2[C@@H]3C(=O)O[C@@H](C)CNC(=O)CC/C=C\[C@@H]3O[C@]23C=CCN(c2ccccc2Cl)C(=O)[C@H]13. The van der Waals surface area contributed by atoms with Gasteiger partial charge in [-0.3, -0.25) is 19.2 Å². The monoisotopic (exact) mass is 557 g/mol. The zero-order valence-electron chi connectivity index (χ0n) is 21.8. The van der Waals surface area contributed by atoms with E-state index in [1.807, 2.05) is 0 Å². The van der Waals surface area contributed by atoms with E-state index in [1.54, 1.807) is 62.4 Å². The zero-order valence-corrected chi connectivity index (χ0v) is 22.5. The minimum Gasteiger partial charge on any atom is -0.460 e. The first kappa shape index (κ1) is 27.4. The van der Waals surface area contributed by atoms with Crippen LogP contribution in [0.15, 0.2) is 48.6 Å². The van der Waals surface area contributed by atoms with Crippen LogP contribution in [0.5, 0.6) is 0 Å². The number of likely N-dealkylation sites (tertiary alicyclic amines) is 1. The van der Waals surface area contributed by atoms with Crippen LogP contribution in [0.3, 0.4) is 0 Å². The first-order valence-electron chi connectivity index (χ1n) is 13.2. The number of hydrogen-bond acceptors (Lipinski definition) is 7. The van der Waals surface area contributed by atoms with Crippen molar-refractivity contribution in [1.29, 1.82) is 0 Å². The lowest BCUT2D eigenvalue weighted by Crippen LogP contribution is -2.57. The Morgan fingerprint density at radius 2 is 1.95 bits per heavy atom. The molecule has 1 aromatic rings. The van der Waals surface area contributed by atoms with Crippen molar-refractivity contribution < 1.29 is 33.8 Å². The molecule has 39 heavy (non-hydrogen) atoms. The number of nitrogens with one attached hydrogen (secondary N) is 1. The maximum Gasteiger partial charge on any atom is 0.313 e. The van der Waals surface area contributed by atoms with Crippen molar-refractivity contribution in [2.24, 2.45) is 11.8 Å². The molecule has 4 heterocycles. The molecule has 3 amide bonds. The summed E-state index contributed by atoms with van der Waals surface area (Å²) in [6.07, 6.45) is 6.06. The number of amides is 3. The van der Waals surface area contributed by atoms with Gasteiger partial charge in [-0.1, -0.05) is 48.0 Å². The third kappa shape index (κ3) is 4.64. The molecule has 0 saturated carbocycles. The number of aliphatic hydroxyl groups excluding tert-OH is 1. The quantitative estimate of drug-likeness (QED) is 0.427. The first-order valence-corrected chi connectivity index (χ1v) is 13.6. The summed E-state index contributed by atoms with van der Waals surface area (Å²) in [6.45, 7) is 3.24. The highest BCUT2D eigenvalue weighted by atomic mass is 35.5. The fourth-order valence-electron chi connectivity index (χ4n) is 6.05. The summed E-state index contributed by atoms with van der Waals surface area (Å²) in [5, 5.41) is 13.2. The topological polar surface area (TPSA) is 125 Å².